The molecule has 0 aromatic rings. The first-order valence-corrected chi connectivity index (χ1v) is 4.56. The van der Waals surface area contributed by atoms with Crippen molar-refractivity contribution >= 4 is 12.6 Å². The molecule has 0 aliphatic heterocycles. The molecule has 0 heterocycles. The Labute approximate surface area is 69.8 Å². The van der Waals surface area contributed by atoms with Crippen molar-refractivity contribution in [1.82, 2.24) is 0 Å². The van der Waals surface area contributed by atoms with Gasteiger partial charge in [0.2, 0.25) is 0 Å². The minimum atomic E-state index is 0.451. The second-order valence-electron chi connectivity index (χ2n) is 4.88. The van der Waals surface area contributed by atoms with Gasteiger partial charge in [0.1, 0.15) is 0 Å². The van der Waals surface area contributed by atoms with E-state index in [0.717, 1.165) is 0 Å². The second kappa shape index (κ2) is 2.17. The van der Waals surface area contributed by atoms with Crippen LogP contribution in [0.4, 0.5) is 0 Å². The fourth-order valence-electron chi connectivity index (χ4n) is 1.98. The van der Waals surface area contributed by atoms with E-state index >= 15 is 0 Å². The molecule has 0 aromatic carbocycles. The smallest absolute Gasteiger partial charge is 0.0119 e. The third kappa shape index (κ3) is 1.20. The summed E-state index contributed by atoms with van der Waals surface area (Å²) in [5.74, 6) is 0. The van der Waals surface area contributed by atoms with E-state index in [1.54, 1.807) is 0 Å². The monoisotopic (exact) mass is 158 g/mol. The highest BCUT2D eigenvalue weighted by Gasteiger charge is 2.44. The van der Waals surface area contributed by atoms with Crippen LogP contribution in [0.25, 0.3) is 0 Å². The third-order valence-electron chi connectivity index (χ3n) is 2.89. The molecular formula is C9H18S. The van der Waals surface area contributed by atoms with Crippen LogP contribution in [0.15, 0.2) is 0 Å². The molecule has 1 rings (SSSR count). The van der Waals surface area contributed by atoms with E-state index in [-0.39, 0.29) is 0 Å². The molecule has 0 saturated heterocycles. The van der Waals surface area contributed by atoms with Gasteiger partial charge in [-0.3, -0.25) is 0 Å². The fraction of sp³-hybridized carbons (Fsp3) is 1.00. The lowest BCUT2D eigenvalue weighted by Gasteiger charge is -2.30. The average molecular weight is 158 g/mol. The predicted molar refractivity (Wildman–Crippen MR) is 49.6 cm³/mol. The van der Waals surface area contributed by atoms with Crippen molar-refractivity contribution in [1.29, 1.82) is 0 Å². The summed E-state index contributed by atoms with van der Waals surface area (Å²) in [6, 6.07) is 0. The maximum absolute atomic E-state index is 4.65. The zero-order chi connectivity index (χ0) is 7.99. The Morgan fingerprint density at radius 2 is 1.30 bits per heavy atom. The molecule has 0 amide bonds. The Hall–Kier alpha value is 0.350. The molecule has 1 saturated carbocycles. The number of rotatable bonds is 0. The predicted octanol–water partition coefficient (Wildman–Crippen LogP) is 3.13. The Morgan fingerprint density at radius 3 is 1.40 bits per heavy atom. The minimum absolute atomic E-state index is 0.451. The fourth-order valence-corrected chi connectivity index (χ4v) is 2.23. The molecule has 0 atom stereocenters. The van der Waals surface area contributed by atoms with E-state index in [1.165, 1.54) is 12.8 Å². The van der Waals surface area contributed by atoms with Crippen molar-refractivity contribution in [2.45, 2.75) is 45.8 Å². The van der Waals surface area contributed by atoms with Crippen LogP contribution in [0, 0.1) is 10.8 Å². The van der Waals surface area contributed by atoms with Gasteiger partial charge in [-0.15, -0.1) is 0 Å². The Balaban J connectivity index is 2.77. The first kappa shape index (κ1) is 8.45. The zero-order valence-electron chi connectivity index (χ0n) is 7.44. The van der Waals surface area contributed by atoms with Crippen LogP contribution in [-0.4, -0.2) is 5.25 Å². The van der Waals surface area contributed by atoms with Crippen molar-refractivity contribution in [3.63, 3.8) is 0 Å². The van der Waals surface area contributed by atoms with Crippen LogP contribution in [0.5, 0.6) is 0 Å². The van der Waals surface area contributed by atoms with E-state index < -0.39 is 0 Å². The largest absolute Gasteiger partial charge is 0.175 e. The summed E-state index contributed by atoms with van der Waals surface area (Å²) < 4.78 is 0. The summed E-state index contributed by atoms with van der Waals surface area (Å²) in [5.41, 5.74) is 0.902. The van der Waals surface area contributed by atoms with Gasteiger partial charge in [0.05, 0.1) is 0 Å². The van der Waals surface area contributed by atoms with Gasteiger partial charge in [0.15, 0.2) is 0 Å². The zero-order valence-corrected chi connectivity index (χ0v) is 8.33. The van der Waals surface area contributed by atoms with Gasteiger partial charge in [-0.25, -0.2) is 0 Å². The lowest BCUT2D eigenvalue weighted by atomic mass is 9.84. The topological polar surface area (TPSA) is 0 Å². The van der Waals surface area contributed by atoms with Crippen LogP contribution in [0.1, 0.15) is 40.5 Å². The number of hydrogen-bond acceptors (Lipinski definition) is 1. The van der Waals surface area contributed by atoms with Crippen LogP contribution in [0.2, 0.25) is 0 Å². The molecule has 1 heteroatoms. The summed E-state index contributed by atoms with van der Waals surface area (Å²) in [6.07, 6.45) is 2.66. The number of thiol groups is 1. The SMILES string of the molecule is CC1(C)CCC(C)(C)C1S. The molecule has 60 valence electrons. The van der Waals surface area contributed by atoms with E-state index in [9.17, 15) is 0 Å². The lowest BCUT2D eigenvalue weighted by Crippen LogP contribution is -2.27. The highest BCUT2D eigenvalue weighted by molar-refractivity contribution is 7.81. The quantitative estimate of drug-likeness (QED) is 0.514. The molecule has 0 radical (unpaired) electrons. The molecule has 1 fully saturated rings. The molecule has 0 N–H and O–H groups in total. The second-order valence-corrected chi connectivity index (χ2v) is 5.40. The number of hydrogen-bond donors (Lipinski definition) is 1. The Kier molecular flexibility index (Phi) is 1.83. The molecular weight excluding hydrogens is 140 g/mol. The summed E-state index contributed by atoms with van der Waals surface area (Å²) in [5, 5.41) is 0.569. The van der Waals surface area contributed by atoms with Crippen molar-refractivity contribution < 1.29 is 0 Å². The van der Waals surface area contributed by atoms with Gasteiger partial charge in [0.25, 0.3) is 0 Å². The molecule has 0 spiro atoms. The van der Waals surface area contributed by atoms with Crippen molar-refractivity contribution in [3.8, 4) is 0 Å². The van der Waals surface area contributed by atoms with Gasteiger partial charge in [-0.1, -0.05) is 27.7 Å². The molecule has 1 aliphatic carbocycles. The van der Waals surface area contributed by atoms with Crippen LogP contribution in [-0.2, 0) is 0 Å². The van der Waals surface area contributed by atoms with Crippen molar-refractivity contribution in [2.75, 3.05) is 0 Å². The Bertz CT molecular complexity index is 120. The maximum Gasteiger partial charge on any atom is 0.0119 e. The van der Waals surface area contributed by atoms with E-state index in [4.69, 9.17) is 0 Å². The standard InChI is InChI=1S/C9H18S/c1-8(2)5-6-9(3,4)7(8)10/h7,10H,5-6H2,1-4H3. The Morgan fingerprint density at radius 1 is 1.00 bits per heavy atom. The van der Waals surface area contributed by atoms with E-state index in [1.807, 2.05) is 0 Å². The van der Waals surface area contributed by atoms with Crippen LogP contribution < -0.4 is 0 Å². The maximum atomic E-state index is 4.65. The van der Waals surface area contributed by atoms with Crippen molar-refractivity contribution in [2.24, 2.45) is 10.8 Å². The van der Waals surface area contributed by atoms with Gasteiger partial charge >= 0.3 is 0 Å². The highest BCUT2D eigenvalue weighted by atomic mass is 32.1. The first-order chi connectivity index (χ1) is 4.36. The minimum Gasteiger partial charge on any atom is -0.175 e. The first-order valence-electron chi connectivity index (χ1n) is 4.04. The van der Waals surface area contributed by atoms with E-state index in [2.05, 4.69) is 40.3 Å². The summed E-state index contributed by atoms with van der Waals surface area (Å²) in [7, 11) is 0. The summed E-state index contributed by atoms with van der Waals surface area (Å²) >= 11 is 4.65. The molecule has 0 bridgehead atoms. The van der Waals surface area contributed by atoms with Gasteiger partial charge in [-0.2, -0.15) is 12.6 Å². The van der Waals surface area contributed by atoms with Crippen LogP contribution in [0.3, 0.4) is 0 Å². The highest BCUT2D eigenvalue weighted by Crippen LogP contribution is 2.51. The molecule has 0 nitrogen and oxygen atoms in total. The molecule has 0 aromatic heterocycles. The third-order valence-corrected chi connectivity index (χ3v) is 4.29. The molecule has 1 aliphatic rings. The molecule has 0 unspecified atom stereocenters. The summed E-state index contributed by atoms with van der Waals surface area (Å²) in [4.78, 5) is 0. The lowest BCUT2D eigenvalue weighted by molar-refractivity contribution is 0.323. The van der Waals surface area contributed by atoms with E-state index in [0.29, 0.717) is 16.1 Å². The van der Waals surface area contributed by atoms with Crippen LogP contribution >= 0.6 is 12.6 Å². The average Bonchev–Trinajstić information content (AvgIpc) is 1.95. The van der Waals surface area contributed by atoms with Gasteiger partial charge in [-0.05, 0) is 23.7 Å². The normalized spacial score (nSPS) is 30.9. The van der Waals surface area contributed by atoms with Crippen molar-refractivity contribution in [3.05, 3.63) is 0 Å². The van der Waals surface area contributed by atoms with Gasteiger partial charge in [0, 0.05) is 5.25 Å². The molecule has 10 heavy (non-hydrogen) atoms. The summed E-state index contributed by atoms with van der Waals surface area (Å²) in [6.45, 7) is 9.28. The van der Waals surface area contributed by atoms with Gasteiger partial charge < -0.3 is 0 Å².